The molecule has 0 saturated carbocycles. The Labute approximate surface area is 151 Å². The molecule has 2 aromatic carbocycles. The van der Waals surface area contributed by atoms with Crippen molar-refractivity contribution in [3.63, 3.8) is 0 Å². The number of hydrogen-bond acceptors (Lipinski definition) is 4. The number of rotatable bonds is 6. The largest absolute Gasteiger partial charge is 0.318 e. The standard InChI is InChI=1S/C19H21ClN4O/c1-2-16(22-12-21)18-23-17-10-14(20)8-9-15(17)19(25)24(18)11-13-6-4-3-5-7-13/h3-10,16,22H,2,11-12,21H2,1H3. The third kappa shape index (κ3) is 3.74. The second kappa shape index (κ2) is 7.78. The molecule has 0 bridgehead atoms. The Balaban J connectivity index is 2.21. The van der Waals surface area contributed by atoms with Crippen molar-refractivity contribution in [2.75, 3.05) is 6.67 Å². The van der Waals surface area contributed by atoms with Gasteiger partial charge in [-0.2, -0.15) is 0 Å². The first-order valence-electron chi connectivity index (χ1n) is 8.31. The van der Waals surface area contributed by atoms with Gasteiger partial charge < -0.3 is 5.73 Å². The molecular formula is C19H21ClN4O. The van der Waals surface area contributed by atoms with Crippen LogP contribution in [0.15, 0.2) is 53.3 Å². The van der Waals surface area contributed by atoms with Crippen molar-refractivity contribution in [3.8, 4) is 0 Å². The summed E-state index contributed by atoms with van der Waals surface area (Å²) in [7, 11) is 0. The summed E-state index contributed by atoms with van der Waals surface area (Å²) in [4.78, 5) is 17.9. The van der Waals surface area contributed by atoms with E-state index in [1.807, 2.05) is 37.3 Å². The Kier molecular flexibility index (Phi) is 5.48. The van der Waals surface area contributed by atoms with Gasteiger partial charge in [0.25, 0.3) is 5.56 Å². The highest BCUT2D eigenvalue weighted by Gasteiger charge is 2.18. The zero-order chi connectivity index (χ0) is 17.8. The molecule has 25 heavy (non-hydrogen) atoms. The van der Waals surface area contributed by atoms with Crippen molar-refractivity contribution in [1.82, 2.24) is 14.9 Å². The molecule has 3 aromatic rings. The van der Waals surface area contributed by atoms with Gasteiger partial charge >= 0.3 is 0 Å². The monoisotopic (exact) mass is 356 g/mol. The van der Waals surface area contributed by atoms with E-state index in [1.54, 1.807) is 22.8 Å². The summed E-state index contributed by atoms with van der Waals surface area (Å²) in [5.74, 6) is 0.677. The smallest absolute Gasteiger partial charge is 0.261 e. The minimum atomic E-state index is -0.107. The summed E-state index contributed by atoms with van der Waals surface area (Å²) in [5, 5.41) is 4.33. The summed E-state index contributed by atoms with van der Waals surface area (Å²) >= 11 is 6.08. The minimum Gasteiger partial charge on any atom is -0.318 e. The van der Waals surface area contributed by atoms with E-state index in [2.05, 4.69) is 5.32 Å². The molecule has 0 saturated heterocycles. The van der Waals surface area contributed by atoms with Gasteiger partial charge in [-0.1, -0.05) is 48.9 Å². The lowest BCUT2D eigenvalue weighted by molar-refractivity contribution is 0.474. The third-order valence-electron chi connectivity index (χ3n) is 4.21. The second-order valence-electron chi connectivity index (χ2n) is 5.88. The molecule has 0 aliphatic heterocycles. The maximum atomic E-state index is 13.1. The van der Waals surface area contributed by atoms with Crippen LogP contribution in [0.1, 0.15) is 30.8 Å². The van der Waals surface area contributed by atoms with E-state index >= 15 is 0 Å². The molecule has 5 nitrogen and oxygen atoms in total. The predicted molar refractivity (Wildman–Crippen MR) is 102 cm³/mol. The van der Waals surface area contributed by atoms with Gasteiger partial charge in [-0.05, 0) is 30.2 Å². The highest BCUT2D eigenvalue weighted by molar-refractivity contribution is 6.31. The Bertz CT molecular complexity index is 924. The van der Waals surface area contributed by atoms with Crippen LogP contribution in [0.3, 0.4) is 0 Å². The summed E-state index contributed by atoms with van der Waals surface area (Å²) in [6.45, 7) is 2.81. The molecule has 130 valence electrons. The van der Waals surface area contributed by atoms with Crippen LogP contribution in [-0.2, 0) is 6.54 Å². The maximum Gasteiger partial charge on any atom is 0.261 e. The van der Waals surface area contributed by atoms with Crippen LogP contribution in [0.25, 0.3) is 10.9 Å². The Morgan fingerprint density at radius 3 is 2.68 bits per heavy atom. The van der Waals surface area contributed by atoms with Crippen LogP contribution >= 0.6 is 11.6 Å². The van der Waals surface area contributed by atoms with Crippen molar-refractivity contribution >= 4 is 22.5 Å². The van der Waals surface area contributed by atoms with Gasteiger partial charge in [-0.25, -0.2) is 4.98 Å². The number of nitrogens with two attached hydrogens (primary N) is 1. The first-order chi connectivity index (χ1) is 12.1. The molecule has 3 rings (SSSR count). The maximum absolute atomic E-state index is 13.1. The van der Waals surface area contributed by atoms with E-state index in [-0.39, 0.29) is 11.6 Å². The average Bonchev–Trinajstić information content (AvgIpc) is 2.62. The van der Waals surface area contributed by atoms with Gasteiger partial charge in [-0.15, -0.1) is 0 Å². The Morgan fingerprint density at radius 1 is 1.24 bits per heavy atom. The van der Waals surface area contributed by atoms with Crippen molar-refractivity contribution in [2.45, 2.75) is 25.9 Å². The highest BCUT2D eigenvalue weighted by atomic mass is 35.5. The molecule has 0 aliphatic rings. The summed E-state index contributed by atoms with van der Waals surface area (Å²) in [5.41, 5.74) is 7.25. The normalized spacial score (nSPS) is 12.4. The van der Waals surface area contributed by atoms with E-state index in [4.69, 9.17) is 22.3 Å². The molecule has 3 N–H and O–H groups in total. The van der Waals surface area contributed by atoms with E-state index in [0.717, 1.165) is 12.0 Å². The van der Waals surface area contributed by atoms with Crippen molar-refractivity contribution in [1.29, 1.82) is 0 Å². The quantitative estimate of drug-likeness (QED) is 0.666. The first-order valence-corrected chi connectivity index (χ1v) is 8.69. The fraction of sp³-hybridized carbons (Fsp3) is 0.263. The van der Waals surface area contributed by atoms with Crippen LogP contribution in [0.5, 0.6) is 0 Å². The molecule has 0 fully saturated rings. The lowest BCUT2D eigenvalue weighted by Gasteiger charge is -2.21. The van der Waals surface area contributed by atoms with Crippen LogP contribution in [0, 0.1) is 0 Å². The van der Waals surface area contributed by atoms with E-state index < -0.39 is 0 Å². The second-order valence-corrected chi connectivity index (χ2v) is 6.31. The van der Waals surface area contributed by atoms with Gasteiger partial charge in [0.1, 0.15) is 5.82 Å². The molecule has 1 unspecified atom stereocenters. The summed E-state index contributed by atoms with van der Waals surface area (Å²) in [6.07, 6.45) is 0.768. The number of hydrogen-bond donors (Lipinski definition) is 2. The summed E-state index contributed by atoms with van der Waals surface area (Å²) < 4.78 is 1.72. The van der Waals surface area contributed by atoms with Crippen molar-refractivity contribution < 1.29 is 0 Å². The topological polar surface area (TPSA) is 72.9 Å². The molecular weight excluding hydrogens is 336 g/mol. The molecule has 0 amide bonds. The SMILES string of the molecule is CCC(NCN)c1nc2cc(Cl)ccc2c(=O)n1Cc1ccccc1. The Hall–Kier alpha value is -2.21. The fourth-order valence-corrected chi connectivity index (χ4v) is 3.12. The molecule has 1 atom stereocenters. The van der Waals surface area contributed by atoms with E-state index in [1.165, 1.54) is 0 Å². The molecule has 1 heterocycles. The zero-order valence-electron chi connectivity index (χ0n) is 14.1. The molecule has 0 aliphatic carbocycles. The molecule has 1 aromatic heterocycles. The Morgan fingerprint density at radius 2 is 2.00 bits per heavy atom. The van der Waals surface area contributed by atoms with Gasteiger partial charge in [0, 0.05) is 11.7 Å². The average molecular weight is 357 g/mol. The van der Waals surface area contributed by atoms with E-state index in [9.17, 15) is 4.79 Å². The summed E-state index contributed by atoms with van der Waals surface area (Å²) in [6, 6.07) is 14.9. The number of fused-ring (bicyclic) bond motifs is 1. The van der Waals surface area contributed by atoms with Gasteiger partial charge in [-0.3, -0.25) is 14.7 Å². The first kappa shape index (κ1) is 17.6. The molecule has 6 heteroatoms. The lowest BCUT2D eigenvalue weighted by atomic mass is 10.1. The van der Waals surface area contributed by atoms with Crippen molar-refractivity contribution in [2.24, 2.45) is 5.73 Å². The number of nitrogens with one attached hydrogen (secondary N) is 1. The van der Waals surface area contributed by atoms with Crippen LogP contribution in [-0.4, -0.2) is 16.2 Å². The van der Waals surface area contributed by atoms with Gasteiger partial charge in [0.05, 0.1) is 23.5 Å². The number of aromatic nitrogens is 2. The van der Waals surface area contributed by atoms with Crippen LogP contribution < -0.4 is 16.6 Å². The van der Waals surface area contributed by atoms with Crippen molar-refractivity contribution in [3.05, 3.63) is 75.3 Å². The van der Waals surface area contributed by atoms with Crippen LogP contribution in [0.2, 0.25) is 5.02 Å². The van der Waals surface area contributed by atoms with Gasteiger partial charge in [0.2, 0.25) is 0 Å². The predicted octanol–water partition coefficient (Wildman–Crippen LogP) is 3.06. The lowest BCUT2D eigenvalue weighted by Crippen LogP contribution is -2.34. The van der Waals surface area contributed by atoms with Crippen LogP contribution in [0.4, 0.5) is 0 Å². The number of nitrogens with zero attached hydrogens (tertiary/aromatic N) is 2. The molecule has 0 radical (unpaired) electrons. The van der Waals surface area contributed by atoms with Gasteiger partial charge in [0.15, 0.2) is 0 Å². The fourth-order valence-electron chi connectivity index (χ4n) is 2.96. The number of benzene rings is 2. The third-order valence-corrected chi connectivity index (χ3v) is 4.45. The zero-order valence-corrected chi connectivity index (χ0v) is 14.8. The molecule has 0 spiro atoms. The number of halogens is 1. The highest BCUT2D eigenvalue weighted by Crippen LogP contribution is 2.20. The minimum absolute atomic E-state index is 0.0715. The van der Waals surface area contributed by atoms with E-state index in [0.29, 0.717) is 35.0 Å².